The molecule has 0 radical (unpaired) electrons. The van der Waals surface area contributed by atoms with E-state index in [0.29, 0.717) is 8.67 Å². The lowest BCUT2D eigenvalue weighted by atomic mass is 10.2. The zero-order valence-electron chi connectivity index (χ0n) is 7.64. The Morgan fingerprint density at radius 2 is 2.08 bits per heavy atom. The molecule has 0 aliphatic heterocycles. The van der Waals surface area contributed by atoms with Crippen molar-refractivity contribution >= 4 is 40.3 Å². The summed E-state index contributed by atoms with van der Waals surface area (Å²) in [7, 11) is 3.73. The molecule has 1 heterocycles. The van der Waals surface area contributed by atoms with Gasteiger partial charge in [0.05, 0.1) is 10.0 Å². The van der Waals surface area contributed by atoms with E-state index in [1.54, 1.807) is 5.01 Å². The van der Waals surface area contributed by atoms with Crippen LogP contribution in [0.15, 0.2) is 11.2 Å². The highest BCUT2D eigenvalue weighted by atomic mass is 35.5. The van der Waals surface area contributed by atoms with Gasteiger partial charge in [-0.25, -0.2) is 0 Å². The lowest BCUT2D eigenvalue weighted by molar-refractivity contribution is 0.438. The Labute approximate surface area is 91.8 Å². The third-order valence-corrected chi connectivity index (χ3v) is 2.88. The molecule has 0 fully saturated rings. The smallest absolute Gasteiger partial charge is 0.103 e. The quantitative estimate of drug-likeness (QED) is 0.569. The van der Waals surface area contributed by atoms with Crippen LogP contribution in [0, 0.1) is 0 Å². The van der Waals surface area contributed by atoms with Gasteiger partial charge in [-0.1, -0.05) is 23.2 Å². The number of hydrazone groups is 1. The van der Waals surface area contributed by atoms with Gasteiger partial charge in [-0.05, 0) is 13.0 Å². The number of rotatable bonds is 2. The molecular formula is C8H10Cl2N2S. The first kappa shape index (κ1) is 10.8. The molecule has 0 unspecified atom stereocenters. The predicted octanol–water partition coefficient (Wildman–Crippen LogP) is 3.34. The summed E-state index contributed by atoms with van der Waals surface area (Å²) >= 11 is 13.1. The van der Waals surface area contributed by atoms with E-state index in [1.807, 2.05) is 27.1 Å². The molecule has 13 heavy (non-hydrogen) atoms. The fourth-order valence-electron chi connectivity index (χ4n) is 0.941. The maximum absolute atomic E-state index is 5.96. The van der Waals surface area contributed by atoms with E-state index < -0.39 is 0 Å². The Hall–Kier alpha value is -0.250. The summed E-state index contributed by atoms with van der Waals surface area (Å²) in [6.45, 7) is 1.91. The van der Waals surface area contributed by atoms with E-state index >= 15 is 0 Å². The van der Waals surface area contributed by atoms with E-state index in [0.717, 1.165) is 11.3 Å². The molecule has 0 aliphatic rings. The first-order valence-electron chi connectivity index (χ1n) is 3.68. The molecule has 0 amide bonds. The van der Waals surface area contributed by atoms with Crippen molar-refractivity contribution in [2.45, 2.75) is 6.92 Å². The lowest BCUT2D eigenvalue weighted by Crippen LogP contribution is -2.06. The average Bonchev–Trinajstić information content (AvgIpc) is 2.28. The van der Waals surface area contributed by atoms with Gasteiger partial charge in [-0.15, -0.1) is 11.3 Å². The van der Waals surface area contributed by atoms with Crippen molar-refractivity contribution in [2.75, 3.05) is 14.1 Å². The Morgan fingerprint density at radius 3 is 2.46 bits per heavy atom. The number of hydrogen-bond donors (Lipinski definition) is 0. The largest absolute Gasteiger partial charge is 0.303 e. The van der Waals surface area contributed by atoms with Gasteiger partial charge >= 0.3 is 0 Å². The Balaban J connectivity index is 3.01. The third kappa shape index (κ3) is 2.86. The van der Waals surface area contributed by atoms with Crippen LogP contribution in [0.25, 0.3) is 0 Å². The minimum absolute atomic E-state index is 0.688. The van der Waals surface area contributed by atoms with E-state index in [4.69, 9.17) is 23.2 Å². The van der Waals surface area contributed by atoms with Crippen molar-refractivity contribution in [3.8, 4) is 0 Å². The van der Waals surface area contributed by atoms with Gasteiger partial charge in [0.2, 0.25) is 0 Å². The van der Waals surface area contributed by atoms with Gasteiger partial charge in [-0.3, -0.25) is 0 Å². The van der Waals surface area contributed by atoms with Gasteiger partial charge in [0.25, 0.3) is 0 Å². The highest BCUT2D eigenvalue weighted by Gasteiger charge is 2.08. The average molecular weight is 237 g/mol. The lowest BCUT2D eigenvalue weighted by Gasteiger charge is -2.05. The number of hydrogen-bond acceptors (Lipinski definition) is 3. The number of halogens is 2. The van der Waals surface area contributed by atoms with Crippen LogP contribution >= 0.6 is 34.5 Å². The van der Waals surface area contributed by atoms with E-state index in [1.165, 1.54) is 11.3 Å². The first-order chi connectivity index (χ1) is 6.00. The van der Waals surface area contributed by atoms with Crippen LogP contribution in [0.4, 0.5) is 0 Å². The molecule has 2 nitrogen and oxygen atoms in total. The molecule has 0 saturated carbocycles. The first-order valence-corrected chi connectivity index (χ1v) is 5.25. The summed E-state index contributed by atoms with van der Waals surface area (Å²) in [4.78, 5) is 0. The summed E-state index contributed by atoms with van der Waals surface area (Å²) in [6.07, 6.45) is 0. The third-order valence-electron chi connectivity index (χ3n) is 1.40. The van der Waals surface area contributed by atoms with Gasteiger partial charge < -0.3 is 5.01 Å². The molecule has 0 N–H and O–H groups in total. The van der Waals surface area contributed by atoms with Crippen molar-refractivity contribution in [1.82, 2.24) is 5.01 Å². The molecule has 0 aromatic carbocycles. The Kier molecular flexibility index (Phi) is 3.59. The second-order valence-corrected chi connectivity index (χ2v) is 5.06. The van der Waals surface area contributed by atoms with E-state index in [-0.39, 0.29) is 0 Å². The van der Waals surface area contributed by atoms with Gasteiger partial charge in [0.1, 0.15) is 4.34 Å². The molecular weight excluding hydrogens is 227 g/mol. The SMILES string of the molecule is C/C(=N/N(C)C)c1cc(Cl)sc1Cl. The van der Waals surface area contributed by atoms with Crippen LogP contribution in [0.2, 0.25) is 8.67 Å². The van der Waals surface area contributed by atoms with Gasteiger partial charge in [-0.2, -0.15) is 5.10 Å². The van der Waals surface area contributed by atoms with Crippen LogP contribution in [0.5, 0.6) is 0 Å². The molecule has 0 saturated heterocycles. The standard InChI is InChI=1S/C8H10Cl2N2S/c1-5(11-12(2)3)6-4-7(9)13-8(6)10/h4H,1-3H3/b11-5-. The highest BCUT2D eigenvalue weighted by molar-refractivity contribution is 7.20. The fraction of sp³-hybridized carbons (Fsp3) is 0.375. The predicted molar refractivity (Wildman–Crippen MR) is 60.2 cm³/mol. The minimum Gasteiger partial charge on any atom is -0.303 e. The van der Waals surface area contributed by atoms with Crippen LogP contribution < -0.4 is 0 Å². The normalized spacial score (nSPS) is 11.9. The summed E-state index contributed by atoms with van der Waals surface area (Å²) in [5, 5.41) is 5.97. The molecule has 72 valence electrons. The zero-order valence-corrected chi connectivity index (χ0v) is 9.96. The number of nitrogens with zero attached hydrogens (tertiary/aromatic N) is 2. The van der Waals surface area contributed by atoms with Crippen LogP contribution in [0.1, 0.15) is 12.5 Å². The van der Waals surface area contributed by atoms with Crippen molar-refractivity contribution < 1.29 is 0 Å². The maximum Gasteiger partial charge on any atom is 0.103 e. The Morgan fingerprint density at radius 1 is 1.46 bits per heavy atom. The van der Waals surface area contributed by atoms with Gasteiger partial charge in [0, 0.05) is 19.7 Å². The zero-order chi connectivity index (χ0) is 10.0. The Bertz CT molecular complexity index is 331. The van der Waals surface area contributed by atoms with Crippen LogP contribution in [-0.4, -0.2) is 24.8 Å². The van der Waals surface area contributed by atoms with Crippen LogP contribution in [0.3, 0.4) is 0 Å². The van der Waals surface area contributed by atoms with Crippen LogP contribution in [-0.2, 0) is 0 Å². The molecule has 0 aliphatic carbocycles. The van der Waals surface area contributed by atoms with Crippen molar-refractivity contribution in [1.29, 1.82) is 0 Å². The molecule has 0 atom stereocenters. The van der Waals surface area contributed by atoms with Gasteiger partial charge in [0.15, 0.2) is 0 Å². The molecule has 0 bridgehead atoms. The summed E-state index contributed by atoms with van der Waals surface area (Å²) in [5.74, 6) is 0. The topological polar surface area (TPSA) is 15.6 Å². The molecule has 1 aromatic heterocycles. The fourth-order valence-corrected chi connectivity index (χ4v) is 2.51. The van der Waals surface area contributed by atoms with E-state index in [2.05, 4.69) is 5.10 Å². The second-order valence-electron chi connectivity index (χ2n) is 2.77. The van der Waals surface area contributed by atoms with E-state index in [9.17, 15) is 0 Å². The summed E-state index contributed by atoms with van der Waals surface area (Å²) < 4.78 is 1.38. The summed E-state index contributed by atoms with van der Waals surface area (Å²) in [5.41, 5.74) is 1.78. The maximum atomic E-state index is 5.96. The summed E-state index contributed by atoms with van der Waals surface area (Å²) in [6, 6.07) is 1.83. The monoisotopic (exact) mass is 236 g/mol. The van der Waals surface area contributed by atoms with Crippen molar-refractivity contribution in [2.24, 2.45) is 5.10 Å². The molecule has 1 rings (SSSR count). The van der Waals surface area contributed by atoms with Crippen molar-refractivity contribution in [3.05, 3.63) is 20.3 Å². The number of thiophene rings is 1. The highest BCUT2D eigenvalue weighted by Crippen LogP contribution is 2.31. The van der Waals surface area contributed by atoms with Crippen molar-refractivity contribution in [3.63, 3.8) is 0 Å². The molecule has 5 heteroatoms. The molecule has 0 spiro atoms. The second kappa shape index (κ2) is 4.31. The molecule has 1 aromatic rings. The minimum atomic E-state index is 0.688.